The van der Waals surface area contributed by atoms with Crippen molar-refractivity contribution >= 4 is 35.0 Å². The Morgan fingerprint density at radius 1 is 1.26 bits per heavy atom. The molecule has 3 rings (SSSR count). The topological polar surface area (TPSA) is 69.0 Å². The lowest BCUT2D eigenvalue weighted by molar-refractivity contribution is -0.113. The van der Waals surface area contributed by atoms with Crippen LogP contribution in [0.5, 0.6) is 5.75 Å². The Balaban J connectivity index is 1.64. The number of carbonyl (C=O) groups excluding carboxylic acids is 1. The first-order chi connectivity index (χ1) is 14.9. The number of amides is 1. The molecule has 8 heteroatoms. The number of hydrogen-bond acceptors (Lipinski definition) is 5. The quantitative estimate of drug-likeness (QED) is 0.347. The van der Waals surface area contributed by atoms with E-state index in [1.807, 2.05) is 43.5 Å². The minimum atomic E-state index is -0.142. The number of halogens is 1. The molecule has 0 spiro atoms. The summed E-state index contributed by atoms with van der Waals surface area (Å²) in [6.07, 6.45) is 1.77. The van der Waals surface area contributed by atoms with Crippen LogP contribution in [0.4, 0.5) is 5.69 Å². The van der Waals surface area contributed by atoms with Crippen LogP contribution >= 0.6 is 23.4 Å². The molecule has 0 radical (unpaired) electrons. The highest BCUT2D eigenvalue weighted by atomic mass is 35.5. The zero-order chi connectivity index (χ0) is 22.4. The Morgan fingerprint density at radius 2 is 2.06 bits per heavy atom. The van der Waals surface area contributed by atoms with Crippen molar-refractivity contribution in [1.82, 2.24) is 14.8 Å². The molecule has 0 aliphatic rings. The third kappa shape index (κ3) is 5.89. The van der Waals surface area contributed by atoms with Gasteiger partial charge in [0, 0.05) is 17.3 Å². The summed E-state index contributed by atoms with van der Waals surface area (Å²) in [5.74, 6) is 1.54. The van der Waals surface area contributed by atoms with E-state index in [-0.39, 0.29) is 18.3 Å². The van der Waals surface area contributed by atoms with Crippen molar-refractivity contribution in [3.05, 3.63) is 76.6 Å². The second-order valence-electron chi connectivity index (χ2n) is 7.10. The van der Waals surface area contributed by atoms with Crippen LogP contribution in [-0.2, 0) is 17.9 Å². The molecule has 1 amide bonds. The highest BCUT2D eigenvalue weighted by molar-refractivity contribution is 7.99. The predicted octanol–water partition coefficient (Wildman–Crippen LogP) is 5.35. The summed E-state index contributed by atoms with van der Waals surface area (Å²) in [5, 5.41) is 12.6. The summed E-state index contributed by atoms with van der Waals surface area (Å²) in [4.78, 5) is 12.4. The number of aromatic nitrogens is 3. The summed E-state index contributed by atoms with van der Waals surface area (Å²) in [7, 11) is 0. The van der Waals surface area contributed by atoms with E-state index >= 15 is 0 Å². The fraction of sp³-hybridized carbons (Fsp3) is 0.261. The third-order valence-electron chi connectivity index (χ3n) is 4.67. The van der Waals surface area contributed by atoms with E-state index in [2.05, 4.69) is 28.2 Å². The number of aryl methyl sites for hydroxylation is 2. The minimum absolute atomic E-state index is 0.142. The number of nitrogens with one attached hydrogen (secondary N) is 1. The summed E-state index contributed by atoms with van der Waals surface area (Å²) in [6, 6.07) is 11.5. The number of benzene rings is 2. The predicted molar refractivity (Wildman–Crippen MR) is 126 cm³/mol. The molecule has 0 saturated heterocycles. The molecule has 3 aromatic rings. The van der Waals surface area contributed by atoms with Crippen molar-refractivity contribution in [1.29, 1.82) is 0 Å². The lowest BCUT2D eigenvalue weighted by atomic mass is 10.1. The van der Waals surface area contributed by atoms with Gasteiger partial charge in [0.1, 0.15) is 12.4 Å². The van der Waals surface area contributed by atoms with Gasteiger partial charge >= 0.3 is 0 Å². The first-order valence-corrected chi connectivity index (χ1v) is 11.2. The van der Waals surface area contributed by atoms with Crippen LogP contribution in [0.1, 0.15) is 22.5 Å². The number of allylic oxidation sites excluding steroid dienone is 1. The molecule has 0 fully saturated rings. The van der Waals surface area contributed by atoms with Crippen molar-refractivity contribution in [3.63, 3.8) is 0 Å². The maximum atomic E-state index is 12.4. The average Bonchev–Trinajstić information content (AvgIpc) is 3.11. The number of thioether (sulfide) groups is 1. The van der Waals surface area contributed by atoms with Crippen molar-refractivity contribution in [2.45, 2.75) is 39.1 Å². The smallest absolute Gasteiger partial charge is 0.234 e. The standard InChI is InChI=1S/C23H25ClN4O2S/c1-5-11-28-21(13-30-20-10-9-15(2)12-16(20)3)26-27-23(28)31-14-22(29)25-19-8-6-7-18(24)17(19)4/h5-10,12H,1,11,13-14H2,2-4H3,(H,25,29). The van der Waals surface area contributed by atoms with Crippen LogP contribution in [0, 0.1) is 20.8 Å². The zero-order valence-corrected chi connectivity index (χ0v) is 19.4. The second kappa shape index (κ2) is 10.5. The molecular weight excluding hydrogens is 432 g/mol. The molecule has 31 heavy (non-hydrogen) atoms. The van der Waals surface area contributed by atoms with Gasteiger partial charge in [0.05, 0.1) is 5.75 Å². The van der Waals surface area contributed by atoms with E-state index in [0.717, 1.165) is 16.9 Å². The Labute approximate surface area is 191 Å². The summed E-state index contributed by atoms with van der Waals surface area (Å²) in [5.41, 5.74) is 3.79. The number of hydrogen-bond donors (Lipinski definition) is 1. The van der Waals surface area contributed by atoms with Gasteiger partial charge in [0.25, 0.3) is 0 Å². The fourth-order valence-corrected chi connectivity index (χ4v) is 3.95. The maximum absolute atomic E-state index is 12.4. The Bertz CT molecular complexity index is 1100. The summed E-state index contributed by atoms with van der Waals surface area (Å²) < 4.78 is 7.85. The molecule has 0 aliphatic heterocycles. The van der Waals surface area contributed by atoms with Crippen molar-refractivity contribution < 1.29 is 9.53 Å². The van der Waals surface area contributed by atoms with E-state index in [9.17, 15) is 4.79 Å². The van der Waals surface area contributed by atoms with Crippen molar-refractivity contribution in [3.8, 4) is 5.75 Å². The molecule has 0 unspecified atom stereocenters. The monoisotopic (exact) mass is 456 g/mol. The highest BCUT2D eigenvalue weighted by Crippen LogP contribution is 2.24. The Kier molecular flexibility index (Phi) is 7.76. The van der Waals surface area contributed by atoms with Crippen LogP contribution in [0.25, 0.3) is 0 Å². The molecule has 0 saturated carbocycles. The van der Waals surface area contributed by atoms with Gasteiger partial charge in [-0.1, -0.05) is 53.2 Å². The SMILES string of the molecule is C=CCn1c(COc2ccc(C)cc2C)nnc1SCC(=O)Nc1cccc(Cl)c1C. The Morgan fingerprint density at radius 3 is 2.81 bits per heavy atom. The van der Waals surface area contributed by atoms with E-state index in [4.69, 9.17) is 16.3 Å². The largest absolute Gasteiger partial charge is 0.485 e. The van der Waals surface area contributed by atoms with Gasteiger partial charge < -0.3 is 10.1 Å². The lowest BCUT2D eigenvalue weighted by Gasteiger charge is -2.11. The van der Waals surface area contributed by atoms with Crippen LogP contribution in [0.2, 0.25) is 5.02 Å². The van der Waals surface area contributed by atoms with Gasteiger partial charge in [-0.05, 0) is 50.1 Å². The molecule has 162 valence electrons. The number of rotatable bonds is 9. The summed E-state index contributed by atoms with van der Waals surface area (Å²) in [6.45, 7) is 10.5. The number of nitrogens with zero attached hydrogens (tertiary/aromatic N) is 3. The van der Waals surface area contributed by atoms with Crippen LogP contribution in [0.15, 0.2) is 54.2 Å². The normalized spacial score (nSPS) is 10.7. The second-order valence-corrected chi connectivity index (χ2v) is 8.45. The van der Waals surface area contributed by atoms with E-state index in [0.29, 0.717) is 28.2 Å². The first kappa shape index (κ1) is 22.9. The van der Waals surface area contributed by atoms with Gasteiger partial charge in [-0.25, -0.2) is 0 Å². The minimum Gasteiger partial charge on any atom is -0.485 e. The van der Waals surface area contributed by atoms with Crippen LogP contribution in [0.3, 0.4) is 0 Å². The number of anilines is 1. The van der Waals surface area contributed by atoms with E-state index < -0.39 is 0 Å². The molecule has 0 aliphatic carbocycles. The molecule has 1 N–H and O–H groups in total. The van der Waals surface area contributed by atoms with E-state index in [1.54, 1.807) is 18.2 Å². The van der Waals surface area contributed by atoms with Crippen LogP contribution in [-0.4, -0.2) is 26.4 Å². The van der Waals surface area contributed by atoms with Gasteiger partial charge in [-0.15, -0.1) is 16.8 Å². The van der Waals surface area contributed by atoms with Gasteiger partial charge in [0.2, 0.25) is 5.91 Å². The molecule has 2 aromatic carbocycles. The number of ether oxygens (including phenoxy) is 1. The van der Waals surface area contributed by atoms with Crippen molar-refractivity contribution in [2.75, 3.05) is 11.1 Å². The molecule has 1 heterocycles. The van der Waals surface area contributed by atoms with Gasteiger partial charge in [0.15, 0.2) is 11.0 Å². The molecule has 1 aromatic heterocycles. The first-order valence-electron chi connectivity index (χ1n) is 9.80. The number of carbonyl (C=O) groups is 1. The zero-order valence-electron chi connectivity index (χ0n) is 17.8. The molecule has 0 atom stereocenters. The average molecular weight is 457 g/mol. The summed E-state index contributed by atoms with van der Waals surface area (Å²) >= 11 is 7.43. The van der Waals surface area contributed by atoms with E-state index in [1.165, 1.54) is 17.3 Å². The maximum Gasteiger partial charge on any atom is 0.234 e. The Hall–Kier alpha value is -2.77. The molecule has 0 bridgehead atoms. The van der Waals surface area contributed by atoms with Gasteiger partial charge in [-0.2, -0.15) is 0 Å². The fourth-order valence-electron chi connectivity index (χ4n) is 3.01. The highest BCUT2D eigenvalue weighted by Gasteiger charge is 2.15. The third-order valence-corrected chi connectivity index (χ3v) is 6.04. The van der Waals surface area contributed by atoms with Crippen LogP contribution < -0.4 is 10.1 Å². The molecular formula is C23H25ClN4O2S. The molecule has 6 nitrogen and oxygen atoms in total. The lowest BCUT2D eigenvalue weighted by Crippen LogP contribution is -2.15. The van der Waals surface area contributed by atoms with Crippen molar-refractivity contribution in [2.24, 2.45) is 0 Å². The van der Waals surface area contributed by atoms with Gasteiger partial charge in [-0.3, -0.25) is 9.36 Å².